The van der Waals surface area contributed by atoms with Crippen molar-refractivity contribution in [3.05, 3.63) is 24.3 Å². The van der Waals surface area contributed by atoms with Crippen molar-refractivity contribution in [2.75, 3.05) is 17.2 Å². The molecule has 1 aliphatic rings. The molecule has 1 amide bonds. The zero-order valence-electron chi connectivity index (χ0n) is 9.13. The SMILES string of the molecule is CCC1(C)CNc2ccccc2NC1=O. The molecule has 0 aromatic heterocycles. The Hall–Kier alpha value is -1.51. The molecular formula is C12H16N2O. The topological polar surface area (TPSA) is 41.1 Å². The van der Waals surface area contributed by atoms with Crippen LogP contribution in [0, 0.1) is 5.41 Å². The largest absolute Gasteiger partial charge is 0.382 e. The molecule has 0 saturated heterocycles. The average Bonchev–Trinajstić information content (AvgIpc) is 2.38. The minimum absolute atomic E-state index is 0.0995. The average molecular weight is 204 g/mol. The lowest BCUT2D eigenvalue weighted by Gasteiger charge is -2.23. The number of carbonyl (C=O) groups is 1. The predicted octanol–water partition coefficient (Wildman–Crippen LogP) is 2.47. The van der Waals surface area contributed by atoms with Gasteiger partial charge in [0, 0.05) is 6.54 Å². The van der Waals surface area contributed by atoms with Crippen molar-refractivity contribution in [2.45, 2.75) is 20.3 Å². The van der Waals surface area contributed by atoms with Crippen molar-refractivity contribution in [3.8, 4) is 0 Å². The molecular weight excluding hydrogens is 188 g/mol. The zero-order valence-corrected chi connectivity index (χ0v) is 9.13. The van der Waals surface area contributed by atoms with E-state index in [-0.39, 0.29) is 11.3 Å². The van der Waals surface area contributed by atoms with E-state index in [1.807, 2.05) is 38.1 Å². The van der Waals surface area contributed by atoms with Gasteiger partial charge in [-0.1, -0.05) is 19.1 Å². The first-order valence-electron chi connectivity index (χ1n) is 5.30. The summed E-state index contributed by atoms with van der Waals surface area (Å²) >= 11 is 0. The van der Waals surface area contributed by atoms with Crippen molar-refractivity contribution < 1.29 is 4.79 Å². The van der Waals surface area contributed by atoms with Crippen LogP contribution in [0.3, 0.4) is 0 Å². The van der Waals surface area contributed by atoms with Crippen molar-refractivity contribution >= 4 is 17.3 Å². The molecule has 1 aromatic carbocycles. The van der Waals surface area contributed by atoms with E-state index in [0.717, 1.165) is 17.8 Å². The van der Waals surface area contributed by atoms with Gasteiger partial charge in [0.15, 0.2) is 0 Å². The van der Waals surface area contributed by atoms with Crippen molar-refractivity contribution in [3.63, 3.8) is 0 Å². The monoisotopic (exact) mass is 204 g/mol. The van der Waals surface area contributed by atoms with Gasteiger partial charge in [0.1, 0.15) is 0 Å². The van der Waals surface area contributed by atoms with Crippen LogP contribution in [0.2, 0.25) is 0 Å². The second-order valence-corrected chi connectivity index (χ2v) is 4.27. The first kappa shape index (κ1) is 10.0. The molecule has 1 unspecified atom stereocenters. The number of nitrogens with one attached hydrogen (secondary N) is 2. The highest BCUT2D eigenvalue weighted by Crippen LogP contribution is 2.31. The van der Waals surface area contributed by atoms with Crippen LogP contribution >= 0.6 is 0 Å². The van der Waals surface area contributed by atoms with Crippen LogP contribution in [0.4, 0.5) is 11.4 Å². The molecule has 0 aliphatic carbocycles. The van der Waals surface area contributed by atoms with Gasteiger partial charge in [-0.3, -0.25) is 4.79 Å². The van der Waals surface area contributed by atoms with Crippen LogP contribution < -0.4 is 10.6 Å². The summed E-state index contributed by atoms with van der Waals surface area (Å²) in [4.78, 5) is 12.0. The molecule has 1 atom stereocenters. The van der Waals surface area contributed by atoms with Crippen molar-refractivity contribution in [2.24, 2.45) is 5.41 Å². The molecule has 15 heavy (non-hydrogen) atoms. The number of fused-ring (bicyclic) bond motifs is 1. The number of rotatable bonds is 1. The predicted molar refractivity (Wildman–Crippen MR) is 62.0 cm³/mol. The van der Waals surface area contributed by atoms with Gasteiger partial charge in [-0.05, 0) is 25.5 Å². The van der Waals surface area contributed by atoms with E-state index in [1.54, 1.807) is 0 Å². The Kier molecular flexibility index (Phi) is 2.39. The van der Waals surface area contributed by atoms with Gasteiger partial charge in [0.05, 0.1) is 16.8 Å². The zero-order chi connectivity index (χ0) is 10.9. The molecule has 0 fully saturated rings. The molecule has 0 saturated carbocycles. The summed E-state index contributed by atoms with van der Waals surface area (Å²) in [6.45, 7) is 4.71. The van der Waals surface area contributed by atoms with E-state index in [0.29, 0.717) is 6.54 Å². The summed E-state index contributed by atoms with van der Waals surface area (Å²) in [6.07, 6.45) is 0.833. The van der Waals surface area contributed by atoms with E-state index in [4.69, 9.17) is 0 Å². The quantitative estimate of drug-likeness (QED) is 0.737. The molecule has 1 aliphatic heterocycles. The summed E-state index contributed by atoms with van der Waals surface area (Å²) in [5.74, 6) is 0.0995. The molecule has 2 rings (SSSR count). The maximum absolute atomic E-state index is 12.0. The van der Waals surface area contributed by atoms with Gasteiger partial charge < -0.3 is 10.6 Å². The van der Waals surface area contributed by atoms with Gasteiger partial charge in [-0.2, -0.15) is 0 Å². The second-order valence-electron chi connectivity index (χ2n) is 4.27. The number of hydrogen-bond acceptors (Lipinski definition) is 2. The van der Waals surface area contributed by atoms with Gasteiger partial charge in [0.2, 0.25) is 5.91 Å². The third-order valence-electron chi connectivity index (χ3n) is 3.17. The Labute approximate surface area is 89.9 Å². The first-order chi connectivity index (χ1) is 7.15. The Morgan fingerprint density at radius 2 is 2.00 bits per heavy atom. The molecule has 2 N–H and O–H groups in total. The van der Waals surface area contributed by atoms with Gasteiger partial charge in [0.25, 0.3) is 0 Å². The lowest BCUT2D eigenvalue weighted by Crippen LogP contribution is -2.36. The van der Waals surface area contributed by atoms with E-state index >= 15 is 0 Å². The van der Waals surface area contributed by atoms with E-state index in [9.17, 15) is 4.79 Å². The van der Waals surface area contributed by atoms with Crippen LogP contribution in [0.1, 0.15) is 20.3 Å². The van der Waals surface area contributed by atoms with E-state index < -0.39 is 0 Å². The number of amides is 1. The standard InChI is InChI=1S/C12H16N2O/c1-3-12(2)8-13-9-6-4-5-7-10(9)14-11(12)15/h4-7,13H,3,8H2,1-2H3,(H,14,15). The minimum Gasteiger partial charge on any atom is -0.382 e. The number of anilines is 2. The summed E-state index contributed by atoms with van der Waals surface area (Å²) < 4.78 is 0. The van der Waals surface area contributed by atoms with E-state index in [1.165, 1.54) is 0 Å². The normalized spacial score (nSPS) is 24.8. The number of benzene rings is 1. The summed E-state index contributed by atoms with van der Waals surface area (Å²) in [6, 6.07) is 7.79. The minimum atomic E-state index is -0.320. The molecule has 1 heterocycles. The summed E-state index contributed by atoms with van der Waals surface area (Å²) in [5, 5.41) is 6.28. The first-order valence-corrected chi connectivity index (χ1v) is 5.30. The van der Waals surface area contributed by atoms with Gasteiger partial charge in [-0.25, -0.2) is 0 Å². The maximum Gasteiger partial charge on any atom is 0.232 e. The Morgan fingerprint density at radius 1 is 1.33 bits per heavy atom. The Morgan fingerprint density at radius 3 is 2.67 bits per heavy atom. The highest BCUT2D eigenvalue weighted by Gasteiger charge is 2.33. The summed E-state index contributed by atoms with van der Waals surface area (Å²) in [5.41, 5.74) is 1.56. The second kappa shape index (κ2) is 3.57. The summed E-state index contributed by atoms with van der Waals surface area (Å²) in [7, 11) is 0. The molecule has 1 aromatic rings. The van der Waals surface area contributed by atoms with Crippen LogP contribution in [0.25, 0.3) is 0 Å². The number of para-hydroxylation sites is 2. The third-order valence-corrected chi connectivity index (χ3v) is 3.17. The van der Waals surface area contributed by atoms with Gasteiger partial charge >= 0.3 is 0 Å². The highest BCUT2D eigenvalue weighted by molar-refractivity contribution is 5.99. The van der Waals surface area contributed by atoms with Crippen molar-refractivity contribution in [1.29, 1.82) is 0 Å². The Bertz CT molecular complexity index is 389. The number of hydrogen-bond donors (Lipinski definition) is 2. The molecule has 3 nitrogen and oxygen atoms in total. The van der Waals surface area contributed by atoms with E-state index in [2.05, 4.69) is 10.6 Å². The molecule has 0 spiro atoms. The van der Waals surface area contributed by atoms with Gasteiger partial charge in [-0.15, -0.1) is 0 Å². The lowest BCUT2D eigenvalue weighted by molar-refractivity contribution is -0.124. The molecule has 0 bridgehead atoms. The van der Waals surface area contributed by atoms with Crippen LogP contribution in [0.15, 0.2) is 24.3 Å². The smallest absolute Gasteiger partial charge is 0.232 e. The molecule has 0 radical (unpaired) electrons. The van der Waals surface area contributed by atoms with Crippen LogP contribution in [-0.4, -0.2) is 12.5 Å². The van der Waals surface area contributed by atoms with Crippen molar-refractivity contribution in [1.82, 2.24) is 0 Å². The lowest BCUT2D eigenvalue weighted by atomic mass is 9.86. The highest BCUT2D eigenvalue weighted by atomic mass is 16.2. The fourth-order valence-electron chi connectivity index (χ4n) is 1.68. The molecule has 80 valence electrons. The molecule has 3 heteroatoms. The number of carbonyl (C=O) groups excluding carboxylic acids is 1. The fraction of sp³-hybridized carbons (Fsp3) is 0.417. The third kappa shape index (κ3) is 1.69. The fourth-order valence-corrected chi connectivity index (χ4v) is 1.68. The maximum atomic E-state index is 12.0. The Balaban J connectivity index is 2.34. The van der Waals surface area contributed by atoms with Crippen LogP contribution in [0.5, 0.6) is 0 Å². The van der Waals surface area contributed by atoms with Crippen LogP contribution in [-0.2, 0) is 4.79 Å².